The van der Waals surface area contributed by atoms with Crippen molar-refractivity contribution in [2.45, 2.75) is 103 Å². The summed E-state index contributed by atoms with van der Waals surface area (Å²) in [4.78, 5) is 13.8. The minimum Gasteiger partial charge on any atom is -0.496 e. The molecule has 2 rings (SSSR count). The Hall–Kier alpha value is -2.48. The minimum atomic E-state index is -1.22. The fourth-order valence-electron chi connectivity index (χ4n) is 5.15. The molecule has 2 atom stereocenters. The van der Waals surface area contributed by atoms with Crippen LogP contribution in [0.5, 0.6) is 5.75 Å². The first kappa shape index (κ1) is 26.8. The van der Waals surface area contributed by atoms with Gasteiger partial charge in [0.15, 0.2) is 0 Å². The van der Waals surface area contributed by atoms with E-state index < -0.39 is 5.97 Å². The number of aliphatic carboxylic acids is 1. The Bertz CT molecular complexity index is 871. The molecule has 182 valence electrons. The highest BCUT2D eigenvalue weighted by Gasteiger charge is 2.39. The predicted molar refractivity (Wildman–Crippen MR) is 136 cm³/mol. The summed E-state index contributed by atoms with van der Waals surface area (Å²) < 4.78 is 5.64. The van der Waals surface area contributed by atoms with Crippen molar-refractivity contribution in [1.29, 1.82) is 5.26 Å². The number of carboxylic acids is 1. The first-order valence-corrected chi connectivity index (χ1v) is 12.6. The zero-order valence-electron chi connectivity index (χ0n) is 21.2. The molecule has 0 radical (unpaired) electrons. The standard InChI is InChI=1S/C28H42N2O3/c1-6-8-10-12-14-21-19-28(3,15-13-11-9-7-2)30(4)25-18-26(33-5)22(17-24(21)25)16-23(20-29)27(31)32/h16-18,21H,6-15,19H2,1-5H3,(H,31,32)/b23-16-. The minimum absolute atomic E-state index is 0.0808. The molecule has 0 saturated heterocycles. The number of carboxylic acid groups (broad SMARTS) is 1. The number of nitrogens with zero attached hydrogens (tertiary/aromatic N) is 2. The Morgan fingerprint density at radius 3 is 2.45 bits per heavy atom. The van der Waals surface area contributed by atoms with Crippen LogP contribution in [0.1, 0.15) is 108 Å². The van der Waals surface area contributed by atoms with E-state index in [0.29, 0.717) is 17.2 Å². The van der Waals surface area contributed by atoms with E-state index in [1.807, 2.05) is 6.07 Å². The smallest absolute Gasteiger partial charge is 0.346 e. The van der Waals surface area contributed by atoms with Crippen molar-refractivity contribution >= 4 is 17.7 Å². The summed E-state index contributed by atoms with van der Waals surface area (Å²) in [5.41, 5.74) is 2.88. The van der Waals surface area contributed by atoms with Gasteiger partial charge in [-0.05, 0) is 49.8 Å². The molecule has 0 fully saturated rings. The lowest BCUT2D eigenvalue weighted by Crippen LogP contribution is -2.48. The van der Waals surface area contributed by atoms with E-state index in [1.165, 1.54) is 68.7 Å². The van der Waals surface area contributed by atoms with Crippen LogP contribution in [-0.2, 0) is 4.79 Å². The third-order valence-electron chi connectivity index (χ3n) is 7.30. The van der Waals surface area contributed by atoms with Crippen molar-refractivity contribution in [1.82, 2.24) is 0 Å². The average Bonchev–Trinajstić information content (AvgIpc) is 2.80. The number of methoxy groups -OCH3 is 1. The molecule has 33 heavy (non-hydrogen) atoms. The summed E-state index contributed by atoms with van der Waals surface area (Å²) in [5, 5.41) is 18.6. The maximum absolute atomic E-state index is 11.4. The fraction of sp³-hybridized carbons (Fsp3) is 0.643. The van der Waals surface area contributed by atoms with Gasteiger partial charge in [-0.2, -0.15) is 5.26 Å². The Labute approximate surface area is 200 Å². The first-order valence-electron chi connectivity index (χ1n) is 12.6. The molecule has 0 bridgehead atoms. The van der Waals surface area contributed by atoms with E-state index in [9.17, 15) is 15.2 Å². The molecule has 0 aliphatic carbocycles. The van der Waals surface area contributed by atoms with E-state index in [4.69, 9.17) is 4.74 Å². The largest absolute Gasteiger partial charge is 0.496 e. The predicted octanol–water partition coefficient (Wildman–Crippen LogP) is 7.31. The second-order valence-electron chi connectivity index (χ2n) is 9.74. The Balaban J connectivity index is 2.48. The van der Waals surface area contributed by atoms with Crippen LogP contribution >= 0.6 is 0 Å². The highest BCUT2D eigenvalue weighted by atomic mass is 16.5. The zero-order chi connectivity index (χ0) is 24.4. The molecule has 1 aromatic rings. The number of rotatable bonds is 13. The number of fused-ring (bicyclic) bond motifs is 1. The molecule has 5 nitrogen and oxygen atoms in total. The second kappa shape index (κ2) is 12.7. The summed E-state index contributed by atoms with van der Waals surface area (Å²) in [6.45, 7) is 6.87. The number of nitriles is 1. The molecule has 0 spiro atoms. The van der Waals surface area contributed by atoms with E-state index >= 15 is 0 Å². The molecule has 0 saturated carbocycles. The number of hydrogen-bond donors (Lipinski definition) is 1. The number of benzene rings is 1. The van der Waals surface area contributed by atoms with Crippen molar-refractivity contribution in [3.05, 3.63) is 28.8 Å². The molecule has 1 aliphatic rings. The van der Waals surface area contributed by atoms with Crippen LogP contribution in [0, 0.1) is 11.3 Å². The van der Waals surface area contributed by atoms with Gasteiger partial charge in [0, 0.05) is 29.9 Å². The van der Waals surface area contributed by atoms with Crippen LogP contribution in [0.3, 0.4) is 0 Å². The van der Waals surface area contributed by atoms with Crippen LogP contribution in [-0.4, -0.2) is 30.8 Å². The maximum Gasteiger partial charge on any atom is 0.346 e. The highest BCUT2D eigenvalue weighted by molar-refractivity contribution is 5.97. The van der Waals surface area contributed by atoms with Crippen molar-refractivity contribution in [3.63, 3.8) is 0 Å². The van der Waals surface area contributed by atoms with Crippen LogP contribution < -0.4 is 9.64 Å². The second-order valence-corrected chi connectivity index (χ2v) is 9.74. The van der Waals surface area contributed by atoms with Crippen molar-refractivity contribution in [2.24, 2.45) is 0 Å². The molecule has 1 heterocycles. The van der Waals surface area contributed by atoms with Gasteiger partial charge in [0.1, 0.15) is 17.4 Å². The topological polar surface area (TPSA) is 73.6 Å². The number of unbranched alkanes of at least 4 members (excludes halogenated alkanes) is 6. The number of hydrogen-bond acceptors (Lipinski definition) is 4. The third-order valence-corrected chi connectivity index (χ3v) is 7.30. The SMILES string of the molecule is CCCCCCC1CC(C)(CCCCCC)N(C)c2cc(OC)c(/C=C(/C#N)C(=O)O)cc21. The monoisotopic (exact) mass is 454 g/mol. The molecular formula is C28H42N2O3. The molecule has 2 unspecified atom stereocenters. The van der Waals surface area contributed by atoms with E-state index in [1.54, 1.807) is 13.2 Å². The number of anilines is 1. The molecule has 1 aliphatic heterocycles. The molecular weight excluding hydrogens is 412 g/mol. The van der Waals surface area contributed by atoms with Gasteiger partial charge in [-0.3, -0.25) is 0 Å². The zero-order valence-corrected chi connectivity index (χ0v) is 21.2. The summed E-state index contributed by atoms with van der Waals surface area (Å²) in [7, 11) is 3.78. The fourth-order valence-corrected chi connectivity index (χ4v) is 5.15. The summed E-state index contributed by atoms with van der Waals surface area (Å²) >= 11 is 0. The normalized spacial score (nSPS) is 20.3. The van der Waals surface area contributed by atoms with Gasteiger partial charge < -0.3 is 14.7 Å². The molecule has 1 N–H and O–H groups in total. The average molecular weight is 455 g/mol. The molecule has 5 heteroatoms. The van der Waals surface area contributed by atoms with Gasteiger partial charge in [0.2, 0.25) is 0 Å². The lowest BCUT2D eigenvalue weighted by atomic mass is 9.73. The van der Waals surface area contributed by atoms with Gasteiger partial charge in [-0.15, -0.1) is 0 Å². The van der Waals surface area contributed by atoms with Gasteiger partial charge in [-0.1, -0.05) is 65.2 Å². The van der Waals surface area contributed by atoms with E-state index in [-0.39, 0.29) is 11.1 Å². The quantitative estimate of drug-likeness (QED) is 0.192. The van der Waals surface area contributed by atoms with Gasteiger partial charge in [0.25, 0.3) is 0 Å². The Morgan fingerprint density at radius 1 is 1.21 bits per heavy atom. The van der Waals surface area contributed by atoms with Crippen molar-refractivity contribution in [3.8, 4) is 11.8 Å². The van der Waals surface area contributed by atoms with E-state index in [0.717, 1.165) is 19.3 Å². The van der Waals surface area contributed by atoms with Crippen molar-refractivity contribution in [2.75, 3.05) is 19.1 Å². The Morgan fingerprint density at radius 2 is 1.88 bits per heavy atom. The van der Waals surface area contributed by atoms with Gasteiger partial charge in [0.05, 0.1) is 7.11 Å². The van der Waals surface area contributed by atoms with Gasteiger partial charge in [-0.25, -0.2) is 4.79 Å². The molecule has 0 amide bonds. The summed E-state index contributed by atoms with van der Waals surface area (Å²) in [6.07, 6.45) is 14.8. The summed E-state index contributed by atoms with van der Waals surface area (Å²) in [6, 6.07) is 5.90. The lowest BCUT2D eigenvalue weighted by molar-refractivity contribution is -0.132. The molecule has 0 aromatic heterocycles. The van der Waals surface area contributed by atoms with E-state index in [2.05, 4.69) is 38.8 Å². The van der Waals surface area contributed by atoms with Gasteiger partial charge >= 0.3 is 5.97 Å². The maximum atomic E-state index is 11.4. The lowest BCUT2D eigenvalue weighted by Gasteiger charge is -2.49. The third kappa shape index (κ3) is 6.76. The summed E-state index contributed by atoms with van der Waals surface area (Å²) in [5.74, 6) is -0.197. The molecule has 1 aromatic carbocycles. The number of ether oxygens (including phenoxy) is 1. The first-order chi connectivity index (χ1) is 15.8. The van der Waals surface area contributed by atoms with Crippen LogP contribution in [0.15, 0.2) is 17.7 Å². The van der Waals surface area contributed by atoms with Crippen LogP contribution in [0.25, 0.3) is 6.08 Å². The van der Waals surface area contributed by atoms with Crippen molar-refractivity contribution < 1.29 is 14.6 Å². The van der Waals surface area contributed by atoms with Crippen LogP contribution in [0.4, 0.5) is 5.69 Å². The highest BCUT2D eigenvalue weighted by Crippen LogP contribution is 2.49. The van der Waals surface area contributed by atoms with Crippen LogP contribution in [0.2, 0.25) is 0 Å². The number of carbonyl (C=O) groups is 1. The Kier molecular flexibility index (Phi) is 10.3.